The number of phenols is 1. The zero-order chi connectivity index (χ0) is 19.3. The molecule has 0 fully saturated rings. The zero-order valence-electron chi connectivity index (χ0n) is 14.6. The van der Waals surface area contributed by atoms with Gasteiger partial charge in [0.1, 0.15) is 5.75 Å². The third kappa shape index (κ3) is 2.73. The van der Waals surface area contributed by atoms with Crippen LogP contribution in [-0.4, -0.2) is 21.0 Å². The molecule has 0 unspecified atom stereocenters. The second-order valence-electron chi connectivity index (χ2n) is 6.18. The summed E-state index contributed by atoms with van der Waals surface area (Å²) in [6.07, 6.45) is 1.71. The molecule has 4 rings (SSSR count). The van der Waals surface area contributed by atoms with Gasteiger partial charge in [-0.3, -0.25) is 4.79 Å². The van der Waals surface area contributed by atoms with Crippen LogP contribution in [0.2, 0.25) is 0 Å². The minimum Gasteiger partial charge on any atom is -0.508 e. The van der Waals surface area contributed by atoms with Gasteiger partial charge in [0.25, 0.3) is 5.91 Å². The van der Waals surface area contributed by atoms with E-state index in [-0.39, 0.29) is 17.0 Å². The molecule has 0 aliphatic heterocycles. The highest BCUT2D eigenvalue weighted by Crippen LogP contribution is 2.42. The highest BCUT2D eigenvalue weighted by molar-refractivity contribution is 7.25. The maximum absolute atomic E-state index is 12.2. The minimum atomic E-state index is -0.634. The number of carbonyl (C=O) groups is 1. The quantitative estimate of drug-likeness (QED) is 0.451. The Bertz CT molecular complexity index is 1200. The first-order valence-electron chi connectivity index (χ1n) is 8.10. The van der Waals surface area contributed by atoms with Crippen molar-refractivity contribution >= 4 is 44.5 Å². The van der Waals surface area contributed by atoms with E-state index in [1.807, 2.05) is 31.4 Å². The van der Waals surface area contributed by atoms with Gasteiger partial charge in [-0.1, -0.05) is 6.07 Å². The number of rotatable bonds is 3. The fourth-order valence-corrected chi connectivity index (χ4v) is 4.90. The van der Waals surface area contributed by atoms with Crippen molar-refractivity contribution < 1.29 is 9.90 Å². The molecule has 0 radical (unpaired) electrons. The van der Waals surface area contributed by atoms with Crippen LogP contribution in [0.1, 0.15) is 21.5 Å². The van der Waals surface area contributed by atoms with E-state index in [9.17, 15) is 9.90 Å². The maximum atomic E-state index is 12.2. The lowest BCUT2D eigenvalue weighted by atomic mass is 9.92. The van der Waals surface area contributed by atoms with Gasteiger partial charge in [-0.25, -0.2) is 9.97 Å². The predicted octanol–water partition coefficient (Wildman–Crippen LogP) is 4.09. The second kappa shape index (κ2) is 6.33. The molecule has 4 aromatic rings. The summed E-state index contributed by atoms with van der Waals surface area (Å²) >= 11 is 2.90. The first-order chi connectivity index (χ1) is 12.9. The second-order valence-corrected chi connectivity index (χ2v) is 8.11. The fraction of sp³-hybridized carbons (Fsp3) is 0.105. The molecule has 0 spiro atoms. The summed E-state index contributed by atoms with van der Waals surface area (Å²) in [7, 11) is 0. The number of thiazole rings is 2. The number of nitrogens with zero attached hydrogens (tertiary/aromatic N) is 2. The molecule has 27 heavy (non-hydrogen) atoms. The molecule has 1 amide bonds. The molecule has 2 aromatic carbocycles. The minimum absolute atomic E-state index is 0.170. The number of benzene rings is 2. The van der Waals surface area contributed by atoms with Crippen molar-refractivity contribution in [3.05, 3.63) is 46.5 Å². The molecular weight excluding hydrogens is 380 g/mol. The van der Waals surface area contributed by atoms with E-state index >= 15 is 0 Å². The van der Waals surface area contributed by atoms with Crippen molar-refractivity contribution in [1.29, 1.82) is 0 Å². The molecule has 2 aromatic heterocycles. The average Bonchev–Trinajstić information content (AvgIpc) is 3.27. The van der Waals surface area contributed by atoms with Crippen LogP contribution in [0.25, 0.3) is 31.4 Å². The Kier molecular flexibility index (Phi) is 4.09. The van der Waals surface area contributed by atoms with Gasteiger partial charge in [0.05, 0.1) is 21.5 Å². The van der Waals surface area contributed by atoms with Gasteiger partial charge in [0, 0.05) is 17.1 Å². The van der Waals surface area contributed by atoms with Gasteiger partial charge >= 0.3 is 0 Å². The topological polar surface area (TPSA) is 115 Å². The Labute approximate surface area is 163 Å². The molecule has 0 saturated heterocycles. The van der Waals surface area contributed by atoms with E-state index < -0.39 is 5.91 Å². The number of aryl methyl sites for hydroxylation is 1. The summed E-state index contributed by atoms with van der Waals surface area (Å²) < 4.78 is 0.792. The first-order valence-corrected chi connectivity index (χ1v) is 9.80. The molecule has 0 saturated carbocycles. The molecule has 0 atom stereocenters. The predicted molar refractivity (Wildman–Crippen MR) is 110 cm³/mol. The number of phenolic OH excluding ortho intramolecular Hbond substituents is 1. The highest BCUT2D eigenvalue weighted by Gasteiger charge is 2.23. The van der Waals surface area contributed by atoms with Crippen LogP contribution in [0.5, 0.6) is 5.75 Å². The number of fused-ring (bicyclic) bond motifs is 1. The van der Waals surface area contributed by atoms with E-state index in [2.05, 4.69) is 9.97 Å². The number of nitrogen functional groups attached to an aromatic ring is 1. The lowest BCUT2D eigenvalue weighted by Crippen LogP contribution is -2.15. The summed E-state index contributed by atoms with van der Waals surface area (Å²) in [5, 5.41) is 13.5. The largest absolute Gasteiger partial charge is 0.508 e. The Morgan fingerprint density at radius 1 is 1.22 bits per heavy atom. The van der Waals surface area contributed by atoms with Gasteiger partial charge in [0.2, 0.25) is 0 Å². The van der Waals surface area contributed by atoms with E-state index in [4.69, 9.17) is 11.5 Å². The molecule has 136 valence electrons. The lowest BCUT2D eigenvalue weighted by Gasteiger charge is -2.15. The molecule has 8 heteroatoms. The molecule has 0 aliphatic rings. The van der Waals surface area contributed by atoms with Gasteiger partial charge in [-0.05, 0) is 42.7 Å². The summed E-state index contributed by atoms with van der Waals surface area (Å²) in [4.78, 5) is 21.1. The Hall–Kier alpha value is -2.97. The first kappa shape index (κ1) is 17.4. The Morgan fingerprint density at radius 3 is 2.67 bits per heavy atom. The van der Waals surface area contributed by atoms with Crippen LogP contribution >= 0.6 is 22.7 Å². The molecular formula is C19H16N4O2S2. The van der Waals surface area contributed by atoms with Crippen LogP contribution in [-0.2, 0) is 0 Å². The monoisotopic (exact) mass is 396 g/mol. The number of carbonyl (C=O) groups excluding carboxylic acids is 1. The zero-order valence-corrected chi connectivity index (χ0v) is 16.2. The van der Waals surface area contributed by atoms with Gasteiger partial charge < -0.3 is 16.6 Å². The van der Waals surface area contributed by atoms with E-state index in [1.165, 1.54) is 22.7 Å². The average molecular weight is 396 g/mol. The number of aromatic hydroxyl groups is 1. The molecule has 0 aliphatic carbocycles. The highest BCUT2D eigenvalue weighted by atomic mass is 32.1. The lowest BCUT2D eigenvalue weighted by molar-refractivity contribution is 0.100. The van der Waals surface area contributed by atoms with Crippen molar-refractivity contribution in [3.8, 4) is 26.9 Å². The van der Waals surface area contributed by atoms with Gasteiger partial charge in [0.15, 0.2) is 10.0 Å². The molecule has 0 bridgehead atoms. The molecule has 5 N–H and O–H groups in total. The van der Waals surface area contributed by atoms with Crippen LogP contribution < -0.4 is 11.5 Å². The molecule has 2 heterocycles. The van der Waals surface area contributed by atoms with Crippen molar-refractivity contribution in [1.82, 2.24) is 9.97 Å². The van der Waals surface area contributed by atoms with Crippen molar-refractivity contribution in [2.75, 3.05) is 5.73 Å². The number of hydrogen-bond donors (Lipinski definition) is 3. The summed E-state index contributed by atoms with van der Waals surface area (Å²) in [5.74, 6) is -0.464. The van der Waals surface area contributed by atoms with Crippen LogP contribution in [0.3, 0.4) is 0 Å². The maximum Gasteiger partial charge on any atom is 0.253 e. The van der Waals surface area contributed by atoms with E-state index in [0.29, 0.717) is 21.7 Å². The normalized spacial score (nSPS) is 11.2. The number of hydrogen-bond acceptors (Lipinski definition) is 7. The summed E-state index contributed by atoms with van der Waals surface area (Å²) in [6.45, 7) is 3.75. The third-order valence-electron chi connectivity index (χ3n) is 4.50. The summed E-state index contributed by atoms with van der Waals surface area (Å²) in [5.41, 5.74) is 16.1. The standard InChI is InChI=1S/C19H16N4O2S2/c1-8-3-4-11(24)9(2)13(8)10-7-12-16(14(15(10)20)17(21)25)23-19(27-12)18-22-5-6-26-18/h3-7,24H,20H2,1-2H3,(H2,21,25). The van der Waals surface area contributed by atoms with Crippen LogP contribution in [0.15, 0.2) is 29.8 Å². The van der Waals surface area contributed by atoms with Crippen LogP contribution in [0.4, 0.5) is 5.69 Å². The van der Waals surface area contributed by atoms with E-state index in [0.717, 1.165) is 20.8 Å². The van der Waals surface area contributed by atoms with Crippen LogP contribution in [0, 0.1) is 13.8 Å². The SMILES string of the molecule is Cc1ccc(O)c(C)c1-c1cc2sc(-c3nccs3)nc2c(C(N)=O)c1N. The number of aromatic nitrogens is 2. The fourth-order valence-electron chi connectivity index (χ4n) is 3.21. The Balaban J connectivity index is 2.08. The number of nitrogens with two attached hydrogens (primary N) is 2. The van der Waals surface area contributed by atoms with Crippen molar-refractivity contribution in [2.45, 2.75) is 13.8 Å². The number of primary amides is 1. The van der Waals surface area contributed by atoms with Gasteiger partial charge in [-0.15, -0.1) is 22.7 Å². The van der Waals surface area contributed by atoms with Gasteiger partial charge in [-0.2, -0.15) is 0 Å². The summed E-state index contributed by atoms with van der Waals surface area (Å²) in [6, 6.07) is 5.37. The van der Waals surface area contributed by atoms with E-state index in [1.54, 1.807) is 12.3 Å². The smallest absolute Gasteiger partial charge is 0.253 e. The number of anilines is 1. The third-order valence-corrected chi connectivity index (χ3v) is 6.42. The molecule has 6 nitrogen and oxygen atoms in total. The number of amides is 1. The van der Waals surface area contributed by atoms with Crippen molar-refractivity contribution in [2.24, 2.45) is 5.73 Å². The Morgan fingerprint density at radius 2 is 2.00 bits per heavy atom. The van der Waals surface area contributed by atoms with Crippen molar-refractivity contribution in [3.63, 3.8) is 0 Å².